The van der Waals surface area contributed by atoms with E-state index >= 15 is 0 Å². The third-order valence-electron chi connectivity index (χ3n) is 2.96. The van der Waals surface area contributed by atoms with Crippen LogP contribution in [0.1, 0.15) is 0 Å². The highest BCUT2D eigenvalue weighted by Crippen LogP contribution is 2.26. The quantitative estimate of drug-likeness (QED) is 0.655. The van der Waals surface area contributed by atoms with Crippen LogP contribution in [0.25, 0.3) is 5.78 Å². The van der Waals surface area contributed by atoms with Crippen LogP contribution in [0.2, 0.25) is 0 Å². The Balaban J connectivity index is 1.98. The number of nitrogens with zero attached hydrogens (tertiary/aromatic N) is 4. The molecule has 9 nitrogen and oxygen atoms in total. The number of halogens is 1. The largest absolute Gasteiger partial charge is 0.265 e. The van der Waals surface area contributed by atoms with Gasteiger partial charge in [0.1, 0.15) is 4.90 Å². The second kappa shape index (κ2) is 5.79. The van der Waals surface area contributed by atoms with Crippen LogP contribution in [0.15, 0.2) is 50.9 Å². The molecule has 3 rings (SSSR count). The van der Waals surface area contributed by atoms with Crippen molar-refractivity contribution < 1.29 is 16.8 Å². The van der Waals surface area contributed by atoms with E-state index in [2.05, 4.69) is 35.7 Å². The molecule has 126 valence electrons. The van der Waals surface area contributed by atoms with Crippen LogP contribution in [-0.4, -0.2) is 42.7 Å². The summed E-state index contributed by atoms with van der Waals surface area (Å²) in [5, 5.41) is 3.95. The highest BCUT2D eigenvalue weighted by atomic mass is 79.9. The highest BCUT2D eigenvalue weighted by molar-refractivity contribution is 9.10. The van der Waals surface area contributed by atoms with E-state index in [0.29, 0.717) is 0 Å². The zero-order valence-electron chi connectivity index (χ0n) is 12.1. The fourth-order valence-corrected chi connectivity index (χ4v) is 4.70. The molecule has 0 radical (unpaired) electrons. The number of aromatic nitrogens is 4. The van der Waals surface area contributed by atoms with Crippen LogP contribution < -0.4 is 4.72 Å². The van der Waals surface area contributed by atoms with Crippen molar-refractivity contribution in [1.29, 1.82) is 0 Å². The average molecular weight is 432 g/mol. The Bertz CT molecular complexity index is 1110. The average Bonchev–Trinajstić information content (AvgIpc) is 2.87. The van der Waals surface area contributed by atoms with Crippen LogP contribution in [-0.2, 0) is 19.9 Å². The lowest BCUT2D eigenvalue weighted by Crippen LogP contribution is -2.15. The zero-order chi connectivity index (χ0) is 17.5. The molecule has 2 aromatic heterocycles. The summed E-state index contributed by atoms with van der Waals surface area (Å²) in [5.74, 6) is 0.0921. The van der Waals surface area contributed by atoms with E-state index in [0.717, 1.165) is 6.26 Å². The van der Waals surface area contributed by atoms with Gasteiger partial charge in [0.25, 0.3) is 21.7 Å². The zero-order valence-corrected chi connectivity index (χ0v) is 15.3. The summed E-state index contributed by atoms with van der Waals surface area (Å²) in [7, 11) is -7.46. The lowest BCUT2D eigenvalue weighted by molar-refractivity contribution is 0.597. The molecule has 0 fully saturated rings. The third kappa shape index (κ3) is 3.25. The Morgan fingerprint density at radius 1 is 1.21 bits per heavy atom. The molecule has 0 atom stereocenters. The third-order valence-corrected chi connectivity index (χ3v) is 6.38. The molecule has 0 aliphatic carbocycles. The molecule has 0 saturated heterocycles. The minimum absolute atomic E-state index is 0.00313. The van der Waals surface area contributed by atoms with Gasteiger partial charge in [0.15, 0.2) is 9.84 Å². The van der Waals surface area contributed by atoms with Gasteiger partial charge < -0.3 is 0 Å². The normalized spacial score (nSPS) is 12.4. The van der Waals surface area contributed by atoms with Gasteiger partial charge >= 0.3 is 0 Å². The maximum atomic E-state index is 12.5. The summed E-state index contributed by atoms with van der Waals surface area (Å²) in [6, 6.07) is 5.26. The number of hydrogen-bond acceptors (Lipinski definition) is 7. The molecule has 0 saturated carbocycles. The van der Waals surface area contributed by atoms with Gasteiger partial charge in [0, 0.05) is 23.1 Å². The summed E-state index contributed by atoms with van der Waals surface area (Å²) in [5.41, 5.74) is 0. The van der Waals surface area contributed by atoms with E-state index in [-0.39, 0.29) is 26.0 Å². The summed E-state index contributed by atoms with van der Waals surface area (Å²) in [6.07, 6.45) is 4.11. The molecule has 1 aromatic carbocycles. The van der Waals surface area contributed by atoms with Crippen LogP contribution in [0, 0.1) is 0 Å². The van der Waals surface area contributed by atoms with Gasteiger partial charge in [-0.2, -0.15) is 4.98 Å². The number of rotatable bonds is 4. The molecule has 0 aliphatic heterocycles. The molecule has 2 heterocycles. The van der Waals surface area contributed by atoms with E-state index in [1.165, 1.54) is 28.9 Å². The molecule has 0 bridgehead atoms. The second-order valence-corrected chi connectivity index (χ2v) is 9.29. The number of anilines is 1. The highest BCUT2D eigenvalue weighted by Gasteiger charge is 2.21. The SMILES string of the molecule is CS(=O)(=O)c1ccc(S(=O)(=O)Nc2nc3ncccn3n2)c(Br)c1. The summed E-state index contributed by atoms with van der Waals surface area (Å²) >= 11 is 3.08. The van der Waals surface area contributed by atoms with Gasteiger partial charge in [-0.15, -0.1) is 5.10 Å². The Morgan fingerprint density at radius 2 is 1.96 bits per heavy atom. The van der Waals surface area contributed by atoms with Crippen molar-refractivity contribution >= 4 is 47.5 Å². The fourth-order valence-electron chi connectivity index (χ4n) is 1.88. The molecule has 0 spiro atoms. The maximum Gasteiger partial charge on any atom is 0.265 e. The number of sulfone groups is 1. The van der Waals surface area contributed by atoms with Crippen LogP contribution >= 0.6 is 15.9 Å². The maximum absolute atomic E-state index is 12.5. The van der Waals surface area contributed by atoms with Crippen molar-refractivity contribution in [2.45, 2.75) is 9.79 Å². The lowest BCUT2D eigenvalue weighted by atomic mass is 10.4. The van der Waals surface area contributed by atoms with E-state index < -0.39 is 19.9 Å². The van der Waals surface area contributed by atoms with Gasteiger partial charge in [0.2, 0.25) is 0 Å². The number of sulfonamides is 1. The monoisotopic (exact) mass is 431 g/mol. The molecule has 0 amide bonds. The Labute approximate surface area is 145 Å². The number of fused-ring (bicyclic) bond motifs is 1. The first kappa shape index (κ1) is 16.8. The van der Waals surface area contributed by atoms with Gasteiger partial charge in [-0.25, -0.2) is 31.1 Å². The van der Waals surface area contributed by atoms with Gasteiger partial charge in [0.05, 0.1) is 4.90 Å². The van der Waals surface area contributed by atoms with Crippen molar-refractivity contribution in [3.63, 3.8) is 0 Å². The first-order valence-corrected chi connectivity index (χ1v) is 10.5. The molecular weight excluding hydrogens is 422 g/mol. The Kier molecular flexibility index (Phi) is 4.05. The van der Waals surface area contributed by atoms with Crippen LogP contribution in [0.3, 0.4) is 0 Å². The smallest absolute Gasteiger partial charge is 0.246 e. The molecule has 24 heavy (non-hydrogen) atoms. The second-order valence-electron chi connectivity index (χ2n) is 4.77. The molecule has 1 N–H and O–H groups in total. The number of benzene rings is 1. The molecule has 12 heteroatoms. The summed E-state index contributed by atoms with van der Waals surface area (Å²) in [6.45, 7) is 0. The predicted octanol–water partition coefficient (Wildman–Crippen LogP) is 1.09. The van der Waals surface area contributed by atoms with E-state index in [4.69, 9.17) is 0 Å². The molecule has 0 aliphatic rings. The first-order chi connectivity index (χ1) is 11.2. The minimum Gasteiger partial charge on any atom is -0.246 e. The Morgan fingerprint density at radius 3 is 2.58 bits per heavy atom. The topological polar surface area (TPSA) is 123 Å². The van der Waals surface area contributed by atoms with Crippen molar-refractivity contribution in [1.82, 2.24) is 19.6 Å². The molecule has 3 aromatic rings. The standard InChI is InChI=1S/C12H10BrN5O4S2/c1-23(19,20)8-3-4-10(9(13)7-8)24(21,22)17-11-15-12-14-5-2-6-18(12)16-11/h2-7H,1H3,(H,16,17). The van der Waals surface area contributed by atoms with Crippen molar-refractivity contribution in [3.05, 3.63) is 41.1 Å². The lowest BCUT2D eigenvalue weighted by Gasteiger charge is -2.08. The Hall–Kier alpha value is -2.05. The fraction of sp³-hybridized carbons (Fsp3) is 0.0833. The van der Waals surface area contributed by atoms with E-state index in [9.17, 15) is 16.8 Å². The molecular formula is C12H10BrN5O4S2. The minimum atomic E-state index is -4.01. The van der Waals surface area contributed by atoms with Gasteiger partial charge in [-0.05, 0) is 40.2 Å². The van der Waals surface area contributed by atoms with E-state index in [1.807, 2.05) is 0 Å². The number of nitrogens with one attached hydrogen (secondary N) is 1. The summed E-state index contributed by atoms with van der Waals surface area (Å²) in [4.78, 5) is 7.75. The first-order valence-electron chi connectivity index (χ1n) is 6.37. The van der Waals surface area contributed by atoms with Crippen LogP contribution in [0.5, 0.6) is 0 Å². The van der Waals surface area contributed by atoms with Crippen molar-refractivity contribution in [3.8, 4) is 0 Å². The van der Waals surface area contributed by atoms with Crippen LogP contribution in [0.4, 0.5) is 5.95 Å². The van der Waals surface area contributed by atoms with E-state index in [1.54, 1.807) is 12.3 Å². The number of hydrogen-bond donors (Lipinski definition) is 1. The van der Waals surface area contributed by atoms with Gasteiger partial charge in [-0.3, -0.25) is 0 Å². The van der Waals surface area contributed by atoms with Gasteiger partial charge in [-0.1, -0.05) is 0 Å². The summed E-state index contributed by atoms with van der Waals surface area (Å²) < 4.78 is 51.6. The van der Waals surface area contributed by atoms with Crippen molar-refractivity contribution in [2.24, 2.45) is 0 Å². The molecule has 0 unspecified atom stereocenters. The predicted molar refractivity (Wildman–Crippen MR) is 88.8 cm³/mol. The van der Waals surface area contributed by atoms with Crippen molar-refractivity contribution in [2.75, 3.05) is 11.0 Å².